The zero-order chi connectivity index (χ0) is 22.4. The van der Waals surface area contributed by atoms with Crippen LogP contribution in [0.4, 0.5) is 19.1 Å². The Morgan fingerprint density at radius 1 is 1.19 bits per heavy atom. The van der Waals surface area contributed by atoms with Crippen LogP contribution in [0.3, 0.4) is 0 Å². The molecule has 0 saturated carbocycles. The molecular weight excluding hydrogens is 409 g/mol. The van der Waals surface area contributed by atoms with E-state index < -0.39 is 17.8 Å². The Balaban J connectivity index is 1.87. The first kappa shape index (κ1) is 22.3. The first-order valence-electron chi connectivity index (χ1n) is 9.91. The van der Waals surface area contributed by atoms with Gasteiger partial charge in [-0.3, -0.25) is 4.79 Å². The molecule has 3 rings (SSSR count). The second kappa shape index (κ2) is 9.63. The summed E-state index contributed by atoms with van der Waals surface area (Å²) in [6, 6.07) is 11.0. The summed E-state index contributed by atoms with van der Waals surface area (Å²) in [7, 11) is 0. The highest BCUT2D eigenvalue weighted by molar-refractivity contribution is 5.79. The maximum absolute atomic E-state index is 13.2. The summed E-state index contributed by atoms with van der Waals surface area (Å²) in [4.78, 5) is 30.8. The molecule has 1 heterocycles. The SMILES string of the molecule is CC[C@@H](CC=O)NC(=O)CC(Nc1nc2ccccc2[nH]1)c1cccc(C(F)(F)F)c1. The number of aldehydes is 1. The Hall–Kier alpha value is -3.36. The van der Waals surface area contributed by atoms with Gasteiger partial charge in [0.2, 0.25) is 11.9 Å². The van der Waals surface area contributed by atoms with Gasteiger partial charge in [-0.05, 0) is 36.2 Å². The van der Waals surface area contributed by atoms with E-state index in [1.165, 1.54) is 12.1 Å². The lowest BCUT2D eigenvalue weighted by Gasteiger charge is -2.21. The molecule has 0 saturated heterocycles. The predicted molar refractivity (Wildman–Crippen MR) is 111 cm³/mol. The van der Waals surface area contributed by atoms with E-state index >= 15 is 0 Å². The van der Waals surface area contributed by atoms with Crippen LogP contribution in [-0.2, 0) is 15.8 Å². The monoisotopic (exact) mass is 432 g/mol. The van der Waals surface area contributed by atoms with Gasteiger partial charge < -0.3 is 20.4 Å². The minimum atomic E-state index is -4.50. The first-order chi connectivity index (χ1) is 14.8. The topological polar surface area (TPSA) is 86.9 Å². The van der Waals surface area contributed by atoms with Gasteiger partial charge in [0, 0.05) is 12.5 Å². The Morgan fingerprint density at radius 2 is 1.97 bits per heavy atom. The molecule has 2 atom stereocenters. The molecule has 1 amide bonds. The molecule has 0 spiro atoms. The van der Waals surface area contributed by atoms with Gasteiger partial charge in [-0.2, -0.15) is 13.2 Å². The number of amides is 1. The maximum atomic E-state index is 13.2. The fraction of sp³-hybridized carbons (Fsp3) is 0.318. The van der Waals surface area contributed by atoms with Crippen LogP contribution in [-0.4, -0.2) is 28.2 Å². The van der Waals surface area contributed by atoms with Crippen molar-refractivity contribution in [3.8, 4) is 0 Å². The molecule has 9 heteroatoms. The minimum Gasteiger partial charge on any atom is -0.353 e. The van der Waals surface area contributed by atoms with E-state index in [1.54, 1.807) is 6.07 Å². The zero-order valence-electron chi connectivity index (χ0n) is 16.9. The molecule has 0 fully saturated rings. The Morgan fingerprint density at radius 3 is 2.65 bits per heavy atom. The van der Waals surface area contributed by atoms with E-state index in [0.717, 1.165) is 23.9 Å². The molecule has 0 aliphatic heterocycles. The molecule has 6 nitrogen and oxygen atoms in total. The van der Waals surface area contributed by atoms with Gasteiger partial charge in [-0.15, -0.1) is 0 Å². The molecule has 0 bridgehead atoms. The van der Waals surface area contributed by atoms with Crippen LogP contribution in [0.5, 0.6) is 0 Å². The van der Waals surface area contributed by atoms with E-state index in [-0.39, 0.29) is 24.8 Å². The number of rotatable bonds is 9. The molecular formula is C22H23F3N4O2. The number of carbonyl (C=O) groups is 2. The summed E-state index contributed by atoms with van der Waals surface area (Å²) >= 11 is 0. The van der Waals surface area contributed by atoms with E-state index in [2.05, 4.69) is 20.6 Å². The number of hydrogen-bond acceptors (Lipinski definition) is 4. The number of fused-ring (bicyclic) bond motifs is 1. The second-order valence-electron chi connectivity index (χ2n) is 7.20. The Labute approximate surface area is 177 Å². The zero-order valence-corrected chi connectivity index (χ0v) is 16.9. The number of H-pyrrole nitrogens is 1. The fourth-order valence-electron chi connectivity index (χ4n) is 3.29. The highest BCUT2D eigenvalue weighted by atomic mass is 19.4. The average Bonchev–Trinajstić information content (AvgIpc) is 3.15. The van der Waals surface area contributed by atoms with Gasteiger partial charge in [0.05, 0.1) is 29.1 Å². The quantitative estimate of drug-likeness (QED) is 0.431. The van der Waals surface area contributed by atoms with Crippen molar-refractivity contribution in [1.82, 2.24) is 15.3 Å². The molecule has 31 heavy (non-hydrogen) atoms. The number of halogens is 3. The lowest BCUT2D eigenvalue weighted by Crippen LogP contribution is -2.36. The number of nitrogens with one attached hydrogen (secondary N) is 3. The van der Waals surface area contributed by atoms with Crippen LogP contribution in [0.25, 0.3) is 11.0 Å². The number of carbonyl (C=O) groups excluding carboxylic acids is 2. The third-order valence-corrected chi connectivity index (χ3v) is 4.94. The van der Waals surface area contributed by atoms with Crippen molar-refractivity contribution < 1.29 is 22.8 Å². The van der Waals surface area contributed by atoms with Crippen molar-refractivity contribution in [3.63, 3.8) is 0 Å². The van der Waals surface area contributed by atoms with Gasteiger partial charge in [0.15, 0.2) is 0 Å². The van der Waals surface area contributed by atoms with Crippen molar-refractivity contribution in [1.29, 1.82) is 0 Å². The van der Waals surface area contributed by atoms with Crippen LogP contribution < -0.4 is 10.6 Å². The standard InChI is InChI=1S/C22H23F3N4O2/c1-2-16(10-11-30)26-20(31)13-19(14-6-5-7-15(12-14)22(23,24)25)29-21-27-17-8-3-4-9-18(17)28-21/h3-9,11-12,16,19H,2,10,13H2,1H3,(H,26,31)(H2,27,28,29)/t16-,19?/m0/s1. The third-order valence-electron chi connectivity index (χ3n) is 4.94. The van der Waals surface area contributed by atoms with Gasteiger partial charge in [0.25, 0.3) is 0 Å². The summed E-state index contributed by atoms with van der Waals surface area (Å²) in [6.45, 7) is 1.84. The summed E-state index contributed by atoms with van der Waals surface area (Å²) in [5, 5.41) is 5.82. The smallest absolute Gasteiger partial charge is 0.353 e. The van der Waals surface area contributed by atoms with Gasteiger partial charge in [-0.25, -0.2) is 4.98 Å². The van der Waals surface area contributed by atoms with Crippen molar-refractivity contribution in [2.24, 2.45) is 0 Å². The molecule has 1 aromatic heterocycles. The number of hydrogen-bond donors (Lipinski definition) is 3. The van der Waals surface area contributed by atoms with E-state index in [9.17, 15) is 22.8 Å². The van der Waals surface area contributed by atoms with Crippen molar-refractivity contribution in [3.05, 3.63) is 59.7 Å². The minimum absolute atomic E-state index is 0.131. The van der Waals surface area contributed by atoms with Gasteiger partial charge in [0.1, 0.15) is 6.29 Å². The first-order valence-corrected chi connectivity index (χ1v) is 9.91. The fourth-order valence-corrected chi connectivity index (χ4v) is 3.29. The van der Waals surface area contributed by atoms with Crippen molar-refractivity contribution >= 4 is 29.2 Å². The lowest BCUT2D eigenvalue weighted by atomic mass is 10.00. The molecule has 2 aromatic carbocycles. The van der Waals surface area contributed by atoms with Gasteiger partial charge >= 0.3 is 6.18 Å². The average molecular weight is 432 g/mol. The maximum Gasteiger partial charge on any atom is 0.416 e. The molecule has 164 valence electrons. The number of nitrogens with zero attached hydrogens (tertiary/aromatic N) is 1. The summed E-state index contributed by atoms with van der Waals surface area (Å²) in [6.07, 6.45) is -3.16. The largest absolute Gasteiger partial charge is 0.416 e. The number of benzene rings is 2. The van der Waals surface area contributed by atoms with E-state index in [4.69, 9.17) is 0 Å². The molecule has 3 N–H and O–H groups in total. The normalized spacial score (nSPS) is 13.5. The summed E-state index contributed by atoms with van der Waals surface area (Å²) in [5.41, 5.74) is 0.951. The number of alkyl halides is 3. The number of anilines is 1. The molecule has 1 unspecified atom stereocenters. The predicted octanol–water partition coefficient (Wildman–Crippen LogP) is 4.61. The number of para-hydroxylation sites is 2. The second-order valence-corrected chi connectivity index (χ2v) is 7.20. The Bertz CT molecular complexity index is 1020. The van der Waals surface area contributed by atoms with Crippen molar-refractivity contribution in [2.75, 3.05) is 5.32 Å². The number of imidazole rings is 1. The molecule has 0 aliphatic carbocycles. The van der Waals surface area contributed by atoms with Crippen molar-refractivity contribution in [2.45, 2.75) is 44.4 Å². The van der Waals surface area contributed by atoms with E-state index in [1.807, 2.05) is 25.1 Å². The van der Waals surface area contributed by atoms with Crippen LogP contribution in [0.2, 0.25) is 0 Å². The molecule has 0 aliphatic rings. The van der Waals surface area contributed by atoms with Crippen LogP contribution in [0, 0.1) is 0 Å². The van der Waals surface area contributed by atoms with Crippen LogP contribution >= 0.6 is 0 Å². The van der Waals surface area contributed by atoms with Crippen LogP contribution in [0.15, 0.2) is 48.5 Å². The Kier molecular flexibility index (Phi) is 6.94. The summed E-state index contributed by atoms with van der Waals surface area (Å²) < 4.78 is 39.6. The van der Waals surface area contributed by atoms with Gasteiger partial charge in [-0.1, -0.05) is 31.2 Å². The molecule has 0 radical (unpaired) electrons. The lowest BCUT2D eigenvalue weighted by molar-refractivity contribution is -0.137. The molecule has 3 aromatic rings. The highest BCUT2D eigenvalue weighted by Crippen LogP contribution is 2.32. The van der Waals surface area contributed by atoms with E-state index in [0.29, 0.717) is 23.4 Å². The summed E-state index contributed by atoms with van der Waals surface area (Å²) in [5.74, 6) is -0.0314. The number of aromatic nitrogens is 2. The van der Waals surface area contributed by atoms with Crippen LogP contribution in [0.1, 0.15) is 43.4 Å². The number of aromatic amines is 1. The third kappa shape index (κ3) is 5.84. The highest BCUT2D eigenvalue weighted by Gasteiger charge is 2.31.